The first-order chi connectivity index (χ1) is 12.3. The first-order valence-electron chi connectivity index (χ1n) is 9.82. The van der Waals surface area contributed by atoms with Crippen molar-refractivity contribution >= 4 is 6.08 Å². The zero-order valence-electron chi connectivity index (χ0n) is 15.6. The van der Waals surface area contributed by atoms with Crippen LogP contribution in [0.3, 0.4) is 0 Å². The molecule has 2 rings (SSSR count). The van der Waals surface area contributed by atoms with Crippen LogP contribution in [-0.4, -0.2) is 5.11 Å². The van der Waals surface area contributed by atoms with Gasteiger partial charge in [-0.05, 0) is 42.0 Å². The Labute approximate surface area is 153 Å². The lowest BCUT2D eigenvalue weighted by atomic mass is 10.0. The average Bonchev–Trinajstić information content (AvgIpc) is 2.64. The molecule has 25 heavy (non-hydrogen) atoms. The van der Waals surface area contributed by atoms with Gasteiger partial charge < -0.3 is 5.11 Å². The molecule has 0 atom stereocenters. The van der Waals surface area contributed by atoms with E-state index in [9.17, 15) is 5.11 Å². The highest BCUT2D eigenvalue weighted by molar-refractivity contribution is 5.50. The molecule has 0 fully saturated rings. The molecule has 0 aromatic heterocycles. The van der Waals surface area contributed by atoms with E-state index in [4.69, 9.17) is 0 Å². The number of phenols is 1. The fourth-order valence-electron chi connectivity index (χ4n) is 3.13. The van der Waals surface area contributed by atoms with Crippen molar-refractivity contribution in [3.05, 3.63) is 71.3 Å². The Hall–Kier alpha value is -2.02. The SMILES string of the molecule is CCCCCCCCCc1ccc(O)c(C/C=C/c2ccccc2)c1. The van der Waals surface area contributed by atoms with E-state index in [2.05, 4.69) is 43.3 Å². The van der Waals surface area contributed by atoms with Gasteiger partial charge in [0.15, 0.2) is 0 Å². The van der Waals surface area contributed by atoms with E-state index in [1.54, 1.807) is 0 Å². The summed E-state index contributed by atoms with van der Waals surface area (Å²) in [5.74, 6) is 0.404. The maximum atomic E-state index is 10.1. The Morgan fingerprint density at radius 1 is 0.840 bits per heavy atom. The van der Waals surface area contributed by atoms with Crippen LogP contribution in [0.1, 0.15) is 68.6 Å². The fourth-order valence-corrected chi connectivity index (χ4v) is 3.13. The monoisotopic (exact) mass is 336 g/mol. The van der Waals surface area contributed by atoms with E-state index in [1.165, 1.54) is 56.1 Å². The van der Waals surface area contributed by atoms with Gasteiger partial charge in [-0.3, -0.25) is 0 Å². The van der Waals surface area contributed by atoms with Gasteiger partial charge in [-0.25, -0.2) is 0 Å². The summed E-state index contributed by atoms with van der Waals surface area (Å²) in [4.78, 5) is 0. The molecule has 1 heteroatoms. The first kappa shape index (κ1) is 19.3. The Balaban J connectivity index is 1.78. The van der Waals surface area contributed by atoms with Crippen molar-refractivity contribution in [3.8, 4) is 5.75 Å². The molecular formula is C24H32O. The van der Waals surface area contributed by atoms with Gasteiger partial charge in [0.1, 0.15) is 5.75 Å². The first-order valence-corrected chi connectivity index (χ1v) is 9.82. The third-order valence-corrected chi connectivity index (χ3v) is 4.66. The van der Waals surface area contributed by atoms with Crippen LogP contribution >= 0.6 is 0 Å². The van der Waals surface area contributed by atoms with Crippen LogP contribution in [0.4, 0.5) is 0 Å². The highest BCUT2D eigenvalue weighted by Gasteiger charge is 2.02. The molecule has 0 aliphatic carbocycles. The lowest BCUT2D eigenvalue weighted by Crippen LogP contribution is -1.90. The number of benzene rings is 2. The van der Waals surface area contributed by atoms with E-state index >= 15 is 0 Å². The van der Waals surface area contributed by atoms with Crippen molar-refractivity contribution in [1.29, 1.82) is 0 Å². The number of hydrogen-bond acceptors (Lipinski definition) is 1. The molecule has 0 amide bonds. The maximum absolute atomic E-state index is 10.1. The van der Waals surface area contributed by atoms with Crippen molar-refractivity contribution in [2.24, 2.45) is 0 Å². The molecule has 1 nitrogen and oxygen atoms in total. The van der Waals surface area contributed by atoms with E-state index < -0.39 is 0 Å². The number of rotatable bonds is 11. The second-order valence-corrected chi connectivity index (χ2v) is 6.85. The van der Waals surface area contributed by atoms with Crippen LogP contribution in [0, 0.1) is 0 Å². The molecule has 0 saturated heterocycles. The highest BCUT2D eigenvalue weighted by atomic mass is 16.3. The number of phenolic OH excluding ortho intramolecular Hbond substituents is 1. The number of allylic oxidation sites excluding steroid dienone is 1. The summed E-state index contributed by atoms with van der Waals surface area (Å²) in [7, 11) is 0. The molecular weight excluding hydrogens is 304 g/mol. The van der Waals surface area contributed by atoms with Gasteiger partial charge in [-0.1, -0.05) is 100 Å². The summed E-state index contributed by atoms with van der Waals surface area (Å²) in [6.45, 7) is 2.26. The van der Waals surface area contributed by atoms with Gasteiger partial charge in [0, 0.05) is 0 Å². The third-order valence-electron chi connectivity index (χ3n) is 4.66. The van der Waals surface area contributed by atoms with Crippen molar-refractivity contribution in [1.82, 2.24) is 0 Å². The van der Waals surface area contributed by atoms with Gasteiger partial charge >= 0.3 is 0 Å². The summed E-state index contributed by atoms with van der Waals surface area (Å²) in [5.41, 5.74) is 3.56. The molecule has 1 N–H and O–H groups in total. The molecule has 134 valence electrons. The van der Waals surface area contributed by atoms with E-state index in [-0.39, 0.29) is 0 Å². The van der Waals surface area contributed by atoms with E-state index in [1.807, 2.05) is 24.3 Å². The smallest absolute Gasteiger partial charge is 0.119 e. The Morgan fingerprint density at radius 3 is 2.32 bits per heavy atom. The Kier molecular flexibility index (Phi) is 8.90. The second-order valence-electron chi connectivity index (χ2n) is 6.85. The normalized spacial score (nSPS) is 11.2. The minimum Gasteiger partial charge on any atom is -0.508 e. The van der Waals surface area contributed by atoms with Crippen LogP contribution in [-0.2, 0) is 12.8 Å². The van der Waals surface area contributed by atoms with E-state index in [0.29, 0.717) is 5.75 Å². The fraction of sp³-hybridized carbons (Fsp3) is 0.417. The summed E-state index contributed by atoms with van der Waals surface area (Å²) in [6, 6.07) is 16.4. The van der Waals surface area contributed by atoms with Gasteiger partial charge in [-0.2, -0.15) is 0 Å². The average molecular weight is 337 g/mol. The zero-order valence-corrected chi connectivity index (χ0v) is 15.6. The van der Waals surface area contributed by atoms with Crippen LogP contribution < -0.4 is 0 Å². The van der Waals surface area contributed by atoms with Gasteiger partial charge in [-0.15, -0.1) is 0 Å². The predicted octanol–water partition coefficient (Wildman–Crippen LogP) is 6.94. The van der Waals surface area contributed by atoms with Gasteiger partial charge in [0.2, 0.25) is 0 Å². The van der Waals surface area contributed by atoms with Crippen LogP contribution in [0.2, 0.25) is 0 Å². The molecule has 0 heterocycles. The van der Waals surface area contributed by atoms with Crippen molar-refractivity contribution in [3.63, 3.8) is 0 Å². The molecule has 2 aromatic carbocycles. The summed E-state index contributed by atoms with van der Waals surface area (Å²) in [5, 5.41) is 10.1. The lowest BCUT2D eigenvalue weighted by Gasteiger charge is -2.07. The topological polar surface area (TPSA) is 20.2 Å². The molecule has 0 aliphatic heterocycles. The molecule has 0 spiro atoms. The standard InChI is InChI=1S/C24H32O/c1-2-3-4-5-6-7-9-15-22-18-19-24(25)23(20-22)17-12-16-21-13-10-8-11-14-21/h8,10-14,16,18-20,25H,2-7,9,15,17H2,1H3/b16-12+. The summed E-state index contributed by atoms with van der Waals surface area (Å²) in [6.07, 6.45) is 15.5. The van der Waals surface area contributed by atoms with Crippen molar-refractivity contribution in [2.45, 2.75) is 64.7 Å². The molecule has 0 saturated carbocycles. The van der Waals surface area contributed by atoms with E-state index in [0.717, 1.165) is 18.4 Å². The zero-order chi connectivity index (χ0) is 17.7. The van der Waals surface area contributed by atoms with Crippen LogP contribution in [0.5, 0.6) is 5.75 Å². The number of aryl methyl sites for hydroxylation is 1. The molecule has 0 bridgehead atoms. The molecule has 0 radical (unpaired) electrons. The second kappa shape index (κ2) is 11.5. The molecule has 0 aliphatic rings. The van der Waals surface area contributed by atoms with Crippen LogP contribution in [0.25, 0.3) is 6.08 Å². The van der Waals surface area contributed by atoms with Crippen molar-refractivity contribution < 1.29 is 5.11 Å². The number of aromatic hydroxyl groups is 1. The summed E-state index contributed by atoms with van der Waals surface area (Å²) >= 11 is 0. The lowest BCUT2D eigenvalue weighted by molar-refractivity contribution is 0.469. The third kappa shape index (κ3) is 7.60. The molecule has 2 aromatic rings. The van der Waals surface area contributed by atoms with Gasteiger partial charge in [0.05, 0.1) is 0 Å². The minimum absolute atomic E-state index is 0.404. The van der Waals surface area contributed by atoms with Crippen molar-refractivity contribution in [2.75, 3.05) is 0 Å². The largest absolute Gasteiger partial charge is 0.508 e. The Bertz CT molecular complexity index is 628. The quantitative estimate of drug-likeness (QED) is 0.441. The van der Waals surface area contributed by atoms with Crippen LogP contribution in [0.15, 0.2) is 54.6 Å². The molecule has 0 unspecified atom stereocenters. The maximum Gasteiger partial charge on any atom is 0.119 e. The number of unbranched alkanes of at least 4 members (excludes halogenated alkanes) is 6. The number of hydrogen-bond donors (Lipinski definition) is 1. The predicted molar refractivity (Wildman–Crippen MR) is 109 cm³/mol. The Morgan fingerprint density at radius 2 is 1.56 bits per heavy atom. The van der Waals surface area contributed by atoms with Gasteiger partial charge in [0.25, 0.3) is 0 Å². The minimum atomic E-state index is 0.404. The highest BCUT2D eigenvalue weighted by Crippen LogP contribution is 2.21. The summed E-state index contributed by atoms with van der Waals surface area (Å²) < 4.78 is 0.